The van der Waals surface area contributed by atoms with Crippen LogP contribution in [0.5, 0.6) is 5.75 Å². The summed E-state index contributed by atoms with van der Waals surface area (Å²) in [6, 6.07) is 5.81. The Bertz CT molecular complexity index is 499. The molecule has 0 saturated heterocycles. The molecule has 19 heavy (non-hydrogen) atoms. The minimum Gasteiger partial charge on any atom is -0.479 e. The number of anilines is 1. The van der Waals surface area contributed by atoms with Gasteiger partial charge in [0.2, 0.25) is 0 Å². The molecular formula is C14H21N3O2. The maximum absolute atomic E-state index is 12.0. The van der Waals surface area contributed by atoms with Crippen molar-refractivity contribution < 1.29 is 9.53 Å². The monoisotopic (exact) mass is 263 g/mol. The Kier molecular flexibility index (Phi) is 3.52. The summed E-state index contributed by atoms with van der Waals surface area (Å²) in [4.78, 5) is 13.6. The number of ether oxygens (including phenoxy) is 1. The predicted octanol–water partition coefficient (Wildman–Crippen LogP) is 0.953. The molecule has 0 bridgehead atoms. The van der Waals surface area contributed by atoms with Gasteiger partial charge in [-0.15, -0.1) is 0 Å². The van der Waals surface area contributed by atoms with Crippen molar-refractivity contribution in [3.8, 4) is 5.75 Å². The van der Waals surface area contributed by atoms with Gasteiger partial charge in [-0.1, -0.05) is 19.9 Å². The van der Waals surface area contributed by atoms with Gasteiger partial charge in [-0.3, -0.25) is 9.69 Å². The second-order valence-electron chi connectivity index (χ2n) is 5.48. The average Bonchev–Trinajstić information content (AvgIpc) is 2.40. The van der Waals surface area contributed by atoms with E-state index in [-0.39, 0.29) is 18.0 Å². The van der Waals surface area contributed by atoms with Crippen LogP contribution in [0, 0.1) is 0 Å². The van der Waals surface area contributed by atoms with E-state index in [1.807, 2.05) is 18.2 Å². The van der Waals surface area contributed by atoms with Gasteiger partial charge < -0.3 is 16.2 Å². The molecule has 104 valence electrons. The number of rotatable bonds is 3. The van der Waals surface area contributed by atoms with Gasteiger partial charge in [-0.2, -0.15) is 0 Å². The molecule has 1 unspecified atom stereocenters. The van der Waals surface area contributed by atoms with E-state index in [0.717, 1.165) is 11.3 Å². The normalized spacial score (nSPS) is 19.1. The molecule has 0 spiro atoms. The summed E-state index contributed by atoms with van der Waals surface area (Å²) in [5, 5.41) is 0. The lowest BCUT2D eigenvalue weighted by molar-refractivity contribution is -0.125. The van der Waals surface area contributed by atoms with Crippen LogP contribution < -0.4 is 21.1 Å². The number of benzene rings is 1. The minimum absolute atomic E-state index is 0.113. The van der Waals surface area contributed by atoms with Crippen molar-refractivity contribution in [3.05, 3.63) is 23.8 Å². The first-order valence-corrected chi connectivity index (χ1v) is 6.43. The van der Waals surface area contributed by atoms with Crippen LogP contribution in [0.3, 0.4) is 0 Å². The number of hydrogen-bond acceptors (Lipinski definition) is 4. The summed E-state index contributed by atoms with van der Waals surface area (Å²) in [6.45, 7) is 6.53. The Morgan fingerprint density at radius 2 is 2.05 bits per heavy atom. The molecule has 1 aromatic carbocycles. The summed E-state index contributed by atoms with van der Waals surface area (Å²) in [5.41, 5.74) is 13.1. The summed E-state index contributed by atoms with van der Waals surface area (Å²) in [6.07, 6.45) is -0.496. The minimum atomic E-state index is -0.496. The zero-order valence-corrected chi connectivity index (χ0v) is 11.6. The van der Waals surface area contributed by atoms with Crippen molar-refractivity contribution in [2.45, 2.75) is 32.3 Å². The molecular weight excluding hydrogens is 242 g/mol. The lowest BCUT2D eigenvalue weighted by Gasteiger charge is -2.34. The van der Waals surface area contributed by atoms with Crippen LogP contribution in [0.4, 0.5) is 5.69 Å². The van der Waals surface area contributed by atoms with Gasteiger partial charge in [0.1, 0.15) is 5.75 Å². The quantitative estimate of drug-likeness (QED) is 0.850. The second kappa shape index (κ2) is 4.83. The van der Waals surface area contributed by atoms with Crippen molar-refractivity contribution in [2.24, 2.45) is 11.5 Å². The van der Waals surface area contributed by atoms with Crippen LogP contribution in [0.1, 0.15) is 26.3 Å². The zero-order valence-electron chi connectivity index (χ0n) is 11.6. The first kappa shape index (κ1) is 13.8. The fourth-order valence-electron chi connectivity index (χ4n) is 2.13. The highest BCUT2D eigenvalue weighted by molar-refractivity contribution is 5.99. The highest BCUT2D eigenvalue weighted by Crippen LogP contribution is 2.37. The molecule has 1 amide bonds. The standard InChI is InChI=1S/C14H21N3O2/c1-9-13(18)17(8-16)11-6-10(14(2,3)7-15)4-5-12(11)19-9/h4-6,9H,7-8,15-16H2,1-3H3. The number of nitrogens with two attached hydrogens (primary N) is 2. The summed E-state index contributed by atoms with van der Waals surface area (Å²) in [5.74, 6) is 0.576. The molecule has 5 heteroatoms. The first-order valence-electron chi connectivity index (χ1n) is 6.43. The van der Waals surface area contributed by atoms with Crippen molar-refractivity contribution in [1.82, 2.24) is 0 Å². The molecule has 0 saturated carbocycles. The van der Waals surface area contributed by atoms with E-state index < -0.39 is 6.10 Å². The van der Waals surface area contributed by atoms with E-state index in [1.165, 1.54) is 0 Å². The predicted molar refractivity (Wildman–Crippen MR) is 75.2 cm³/mol. The van der Waals surface area contributed by atoms with Crippen molar-refractivity contribution in [2.75, 3.05) is 18.1 Å². The van der Waals surface area contributed by atoms with Gasteiger partial charge in [0.05, 0.1) is 12.4 Å². The Morgan fingerprint density at radius 3 is 2.63 bits per heavy atom. The van der Waals surface area contributed by atoms with Crippen LogP contribution in [0.2, 0.25) is 0 Å². The molecule has 1 heterocycles. The largest absolute Gasteiger partial charge is 0.479 e. The molecule has 2 rings (SSSR count). The van der Waals surface area contributed by atoms with Crippen LogP contribution in [0.15, 0.2) is 18.2 Å². The Labute approximate surface area is 113 Å². The topological polar surface area (TPSA) is 81.6 Å². The van der Waals surface area contributed by atoms with Gasteiger partial charge >= 0.3 is 0 Å². The molecule has 1 aliphatic rings. The Morgan fingerprint density at radius 1 is 1.37 bits per heavy atom. The Balaban J connectivity index is 2.49. The summed E-state index contributed by atoms with van der Waals surface area (Å²) in [7, 11) is 0. The molecule has 1 atom stereocenters. The number of nitrogens with zero attached hydrogens (tertiary/aromatic N) is 1. The van der Waals surface area contributed by atoms with E-state index in [0.29, 0.717) is 12.3 Å². The average molecular weight is 263 g/mol. The zero-order chi connectivity index (χ0) is 14.2. The van der Waals surface area contributed by atoms with Crippen molar-refractivity contribution in [3.63, 3.8) is 0 Å². The molecule has 5 nitrogen and oxygen atoms in total. The first-order chi connectivity index (χ1) is 8.90. The fourth-order valence-corrected chi connectivity index (χ4v) is 2.13. The van der Waals surface area contributed by atoms with E-state index in [4.69, 9.17) is 16.2 Å². The number of fused-ring (bicyclic) bond motifs is 1. The molecule has 1 aromatic rings. The Hall–Kier alpha value is -1.59. The molecule has 0 aliphatic carbocycles. The van der Waals surface area contributed by atoms with Gasteiger partial charge in [0, 0.05) is 12.0 Å². The van der Waals surface area contributed by atoms with E-state index >= 15 is 0 Å². The number of carbonyl (C=O) groups excluding carboxylic acids is 1. The van der Waals surface area contributed by atoms with Crippen LogP contribution in [-0.4, -0.2) is 25.2 Å². The number of amides is 1. The summed E-state index contributed by atoms with van der Waals surface area (Å²) < 4.78 is 5.60. The van der Waals surface area contributed by atoms with E-state index in [2.05, 4.69) is 13.8 Å². The maximum atomic E-state index is 12.0. The van der Waals surface area contributed by atoms with Crippen molar-refractivity contribution in [1.29, 1.82) is 0 Å². The third kappa shape index (κ3) is 2.31. The number of carbonyl (C=O) groups is 1. The molecule has 0 fully saturated rings. The van der Waals surface area contributed by atoms with Crippen LogP contribution in [0.25, 0.3) is 0 Å². The lowest BCUT2D eigenvalue weighted by atomic mass is 9.84. The third-order valence-electron chi connectivity index (χ3n) is 3.64. The smallest absolute Gasteiger partial charge is 0.268 e. The SMILES string of the molecule is CC1Oc2ccc(C(C)(C)CN)cc2N(CN)C1=O. The summed E-state index contributed by atoms with van der Waals surface area (Å²) >= 11 is 0. The van der Waals surface area contributed by atoms with Crippen LogP contribution in [-0.2, 0) is 10.2 Å². The molecule has 0 aromatic heterocycles. The highest BCUT2D eigenvalue weighted by atomic mass is 16.5. The molecule has 1 aliphatic heterocycles. The van der Waals surface area contributed by atoms with Gasteiger partial charge in [0.15, 0.2) is 6.10 Å². The molecule has 0 radical (unpaired) electrons. The maximum Gasteiger partial charge on any atom is 0.268 e. The fraction of sp³-hybridized carbons (Fsp3) is 0.500. The van der Waals surface area contributed by atoms with Gasteiger partial charge in [0.25, 0.3) is 5.91 Å². The third-order valence-corrected chi connectivity index (χ3v) is 3.64. The van der Waals surface area contributed by atoms with Gasteiger partial charge in [-0.25, -0.2) is 0 Å². The lowest BCUT2D eigenvalue weighted by Crippen LogP contribution is -2.47. The number of hydrogen-bond donors (Lipinski definition) is 2. The van der Waals surface area contributed by atoms with E-state index in [1.54, 1.807) is 11.8 Å². The van der Waals surface area contributed by atoms with Crippen molar-refractivity contribution >= 4 is 11.6 Å². The second-order valence-corrected chi connectivity index (χ2v) is 5.48. The van der Waals surface area contributed by atoms with Crippen LogP contribution >= 0.6 is 0 Å². The van der Waals surface area contributed by atoms with E-state index in [9.17, 15) is 4.79 Å². The molecule has 4 N–H and O–H groups in total. The highest BCUT2D eigenvalue weighted by Gasteiger charge is 2.32. The van der Waals surface area contributed by atoms with Gasteiger partial charge in [-0.05, 0) is 24.6 Å².